The highest BCUT2D eigenvalue weighted by atomic mass is 16.6. The molecule has 1 aromatic rings. The largest absolute Gasteiger partial charge is 0.272 e. The fourth-order valence-electron chi connectivity index (χ4n) is 1.19. The third-order valence-corrected chi connectivity index (χ3v) is 2.18. The molecule has 0 bridgehead atoms. The molecule has 14 heavy (non-hydrogen) atoms. The quantitative estimate of drug-likeness (QED) is 0.407. The van der Waals surface area contributed by atoms with Crippen LogP contribution in [0.25, 0.3) is 0 Å². The molecule has 0 aromatic heterocycles. The highest BCUT2D eigenvalue weighted by Crippen LogP contribution is 2.23. The van der Waals surface area contributed by atoms with E-state index in [0.29, 0.717) is 5.56 Å². The molecule has 1 rings (SSSR count). The van der Waals surface area contributed by atoms with Crippen LogP contribution in [0, 0.1) is 29.4 Å². The molecule has 0 aliphatic rings. The van der Waals surface area contributed by atoms with Crippen molar-refractivity contribution >= 4 is 5.69 Å². The summed E-state index contributed by atoms with van der Waals surface area (Å²) in [5, 5.41) is 10.6. The van der Waals surface area contributed by atoms with Crippen LogP contribution in [0.3, 0.4) is 0 Å². The maximum Gasteiger partial charge on any atom is 0.272 e. The zero-order chi connectivity index (χ0) is 10.7. The molecule has 1 aromatic carbocycles. The molecule has 0 spiro atoms. The van der Waals surface area contributed by atoms with Crippen LogP contribution >= 0.6 is 0 Å². The molecule has 1 atom stereocenters. The number of terminal acetylenes is 1. The predicted molar refractivity (Wildman–Crippen MR) is 55.1 cm³/mol. The number of aryl methyl sites for hydroxylation is 1. The first-order chi connectivity index (χ1) is 6.56. The molecule has 0 fully saturated rings. The Balaban J connectivity index is 3.21. The van der Waals surface area contributed by atoms with Crippen molar-refractivity contribution in [3.63, 3.8) is 0 Å². The molecule has 0 saturated heterocycles. The molecule has 3 nitrogen and oxygen atoms in total. The van der Waals surface area contributed by atoms with Gasteiger partial charge in [-0.3, -0.25) is 10.1 Å². The van der Waals surface area contributed by atoms with Crippen molar-refractivity contribution in [3.8, 4) is 12.3 Å². The molecule has 0 amide bonds. The SMILES string of the molecule is C#CC(C)c1ccc(C)c([N+](=O)[O-])c1. The summed E-state index contributed by atoms with van der Waals surface area (Å²) in [6.45, 7) is 3.55. The van der Waals surface area contributed by atoms with Crippen LogP contribution < -0.4 is 0 Å². The lowest BCUT2D eigenvalue weighted by Crippen LogP contribution is -1.95. The highest BCUT2D eigenvalue weighted by molar-refractivity contribution is 5.44. The van der Waals surface area contributed by atoms with Gasteiger partial charge in [-0.2, -0.15) is 0 Å². The first-order valence-electron chi connectivity index (χ1n) is 4.27. The molecule has 1 unspecified atom stereocenters. The molecule has 0 N–H and O–H groups in total. The van der Waals surface area contributed by atoms with Crippen molar-refractivity contribution in [1.82, 2.24) is 0 Å². The zero-order valence-electron chi connectivity index (χ0n) is 8.15. The number of nitrogens with zero attached hydrogens (tertiary/aromatic N) is 1. The van der Waals surface area contributed by atoms with E-state index in [2.05, 4.69) is 5.92 Å². The highest BCUT2D eigenvalue weighted by Gasteiger charge is 2.12. The Morgan fingerprint density at radius 1 is 1.57 bits per heavy atom. The lowest BCUT2D eigenvalue weighted by molar-refractivity contribution is -0.385. The van der Waals surface area contributed by atoms with Crippen LogP contribution in [-0.4, -0.2) is 4.92 Å². The number of hydrogen-bond donors (Lipinski definition) is 0. The second-order valence-corrected chi connectivity index (χ2v) is 3.19. The van der Waals surface area contributed by atoms with Crippen LogP contribution in [0.1, 0.15) is 24.0 Å². The van der Waals surface area contributed by atoms with Crippen molar-refractivity contribution in [3.05, 3.63) is 39.4 Å². The van der Waals surface area contributed by atoms with Gasteiger partial charge in [0.15, 0.2) is 0 Å². The van der Waals surface area contributed by atoms with E-state index < -0.39 is 0 Å². The van der Waals surface area contributed by atoms with Crippen molar-refractivity contribution < 1.29 is 4.92 Å². The molecule has 72 valence electrons. The Morgan fingerprint density at radius 3 is 2.71 bits per heavy atom. The normalized spacial score (nSPS) is 11.8. The fourth-order valence-corrected chi connectivity index (χ4v) is 1.19. The number of benzene rings is 1. The second-order valence-electron chi connectivity index (χ2n) is 3.19. The Morgan fingerprint density at radius 2 is 2.21 bits per heavy atom. The lowest BCUT2D eigenvalue weighted by Gasteiger charge is -2.05. The molecule has 0 aliphatic heterocycles. The third kappa shape index (κ3) is 1.91. The minimum atomic E-state index is -0.387. The van der Waals surface area contributed by atoms with E-state index in [-0.39, 0.29) is 16.5 Å². The van der Waals surface area contributed by atoms with Crippen LogP contribution in [0.4, 0.5) is 5.69 Å². The average Bonchev–Trinajstić information content (AvgIpc) is 2.17. The first-order valence-corrected chi connectivity index (χ1v) is 4.27. The minimum Gasteiger partial charge on any atom is -0.258 e. The molecule has 0 radical (unpaired) electrons. The van der Waals surface area contributed by atoms with Crippen molar-refractivity contribution in [1.29, 1.82) is 0 Å². The maximum absolute atomic E-state index is 10.6. The van der Waals surface area contributed by atoms with Gasteiger partial charge in [0.25, 0.3) is 5.69 Å². The number of rotatable bonds is 2. The van der Waals surface area contributed by atoms with Gasteiger partial charge in [0, 0.05) is 17.5 Å². The monoisotopic (exact) mass is 189 g/mol. The smallest absolute Gasteiger partial charge is 0.258 e. The minimum absolute atomic E-state index is 0.0886. The summed E-state index contributed by atoms with van der Waals surface area (Å²) in [4.78, 5) is 10.3. The topological polar surface area (TPSA) is 43.1 Å². The van der Waals surface area contributed by atoms with E-state index in [1.54, 1.807) is 19.1 Å². The number of nitro benzene ring substituents is 1. The fraction of sp³-hybridized carbons (Fsp3) is 0.273. The van der Waals surface area contributed by atoms with Gasteiger partial charge in [-0.05, 0) is 19.4 Å². The van der Waals surface area contributed by atoms with E-state index >= 15 is 0 Å². The van der Waals surface area contributed by atoms with Gasteiger partial charge in [-0.25, -0.2) is 0 Å². The van der Waals surface area contributed by atoms with Crippen molar-refractivity contribution in [2.75, 3.05) is 0 Å². The molecular weight excluding hydrogens is 178 g/mol. The standard InChI is InChI=1S/C11H11NO2/c1-4-8(2)10-6-5-9(3)11(7-10)12(13)14/h1,5-8H,2-3H3. The van der Waals surface area contributed by atoms with Gasteiger partial charge < -0.3 is 0 Å². The van der Waals surface area contributed by atoms with Gasteiger partial charge in [0.2, 0.25) is 0 Å². The van der Waals surface area contributed by atoms with E-state index in [1.807, 2.05) is 13.0 Å². The van der Waals surface area contributed by atoms with E-state index in [1.165, 1.54) is 0 Å². The summed E-state index contributed by atoms with van der Waals surface area (Å²) < 4.78 is 0. The zero-order valence-corrected chi connectivity index (χ0v) is 8.15. The van der Waals surface area contributed by atoms with Gasteiger partial charge in [-0.15, -0.1) is 6.42 Å². The van der Waals surface area contributed by atoms with Gasteiger partial charge in [-0.1, -0.05) is 18.1 Å². The average molecular weight is 189 g/mol. The Hall–Kier alpha value is -1.82. The third-order valence-electron chi connectivity index (χ3n) is 2.18. The van der Waals surface area contributed by atoms with Crippen LogP contribution in [-0.2, 0) is 0 Å². The molecular formula is C11H11NO2. The summed E-state index contributed by atoms with van der Waals surface area (Å²) in [6.07, 6.45) is 5.25. The van der Waals surface area contributed by atoms with Gasteiger partial charge in [0.05, 0.1) is 4.92 Å². The Kier molecular flexibility index (Phi) is 2.88. The first kappa shape index (κ1) is 10.3. The van der Waals surface area contributed by atoms with Crippen LogP contribution in [0.2, 0.25) is 0 Å². The molecule has 0 saturated carbocycles. The van der Waals surface area contributed by atoms with Crippen molar-refractivity contribution in [2.24, 2.45) is 0 Å². The number of nitro groups is 1. The Bertz CT molecular complexity index is 404. The summed E-state index contributed by atoms with van der Waals surface area (Å²) in [5.41, 5.74) is 1.59. The molecule has 0 heterocycles. The summed E-state index contributed by atoms with van der Waals surface area (Å²) in [7, 11) is 0. The predicted octanol–water partition coefficient (Wildman–Crippen LogP) is 2.64. The van der Waals surface area contributed by atoms with Crippen molar-refractivity contribution in [2.45, 2.75) is 19.8 Å². The second kappa shape index (κ2) is 3.93. The summed E-state index contributed by atoms with van der Waals surface area (Å²) in [5.74, 6) is 2.46. The Labute approximate surface area is 82.9 Å². The summed E-state index contributed by atoms with van der Waals surface area (Å²) >= 11 is 0. The summed E-state index contributed by atoms with van der Waals surface area (Å²) in [6, 6.07) is 5.09. The lowest BCUT2D eigenvalue weighted by atomic mass is 10.00. The van der Waals surface area contributed by atoms with E-state index in [4.69, 9.17) is 6.42 Å². The van der Waals surface area contributed by atoms with E-state index in [9.17, 15) is 10.1 Å². The van der Waals surface area contributed by atoms with Gasteiger partial charge in [0.1, 0.15) is 0 Å². The van der Waals surface area contributed by atoms with E-state index in [0.717, 1.165) is 5.56 Å². The van der Waals surface area contributed by atoms with Crippen LogP contribution in [0.15, 0.2) is 18.2 Å². The number of hydrogen-bond acceptors (Lipinski definition) is 2. The van der Waals surface area contributed by atoms with Crippen LogP contribution in [0.5, 0.6) is 0 Å². The molecule has 3 heteroatoms. The molecule has 0 aliphatic carbocycles. The maximum atomic E-state index is 10.6. The van der Waals surface area contributed by atoms with Gasteiger partial charge >= 0.3 is 0 Å².